The first-order chi connectivity index (χ1) is 11.7. The van der Waals surface area contributed by atoms with E-state index in [1.807, 2.05) is 43.3 Å². The zero-order valence-electron chi connectivity index (χ0n) is 13.8. The summed E-state index contributed by atoms with van der Waals surface area (Å²) in [4.78, 5) is 16.0. The first kappa shape index (κ1) is 15.8. The van der Waals surface area contributed by atoms with Crippen molar-refractivity contribution in [1.29, 1.82) is 0 Å². The van der Waals surface area contributed by atoms with Crippen LogP contribution in [0.3, 0.4) is 0 Å². The van der Waals surface area contributed by atoms with Gasteiger partial charge in [0.15, 0.2) is 5.09 Å². The second-order valence-electron chi connectivity index (χ2n) is 6.71. The lowest BCUT2D eigenvalue weighted by molar-refractivity contribution is 0.0620. The Labute approximate surface area is 146 Å². The van der Waals surface area contributed by atoms with Gasteiger partial charge in [-0.3, -0.25) is 4.79 Å². The van der Waals surface area contributed by atoms with Crippen molar-refractivity contribution in [1.82, 2.24) is 10.2 Å². The van der Waals surface area contributed by atoms with E-state index in [0.717, 1.165) is 27.9 Å². The number of piperidine rings is 3. The van der Waals surface area contributed by atoms with Gasteiger partial charge in [-0.2, -0.15) is 0 Å². The minimum atomic E-state index is 0.0409. The molecule has 5 rings (SSSR count). The lowest BCUT2D eigenvalue weighted by Gasteiger charge is -2.44. The highest BCUT2D eigenvalue weighted by Gasteiger charge is 2.34. The van der Waals surface area contributed by atoms with Crippen molar-refractivity contribution in [3.63, 3.8) is 0 Å². The normalized spacial score (nSPS) is 25.6. The highest BCUT2D eigenvalue weighted by Crippen LogP contribution is 2.30. The van der Waals surface area contributed by atoms with E-state index in [2.05, 4.69) is 10.2 Å². The summed E-state index contributed by atoms with van der Waals surface area (Å²) in [6.45, 7) is 5.32. The van der Waals surface area contributed by atoms with Crippen LogP contribution in [0, 0.1) is 12.8 Å². The summed E-state index contributed by atoms with van der Waals surface area (Å²) in [5.41, 5.74) is 0.728. The van der Waals surface area contributed by atoms with E-state index in [4.69, 9.17) is 4.42 Å². The van der Waals surface area contributed by atoms with Crippen LogP contribution in [0.2, 0.25) is 0 Å². The molecule has 0 unspecified atom stereocenters. The van der Waals surface area contributed by atoms with Gasteiger partial charge in [-0.25, -0.2) is 0 Å². The van der Waals surface area contributed by atoms with E-state index in [1.54, 1.807) is 11.8 Å². The van der Waals surface area contributed by atoms with Gasteiger partial charge in [-0.15, -0.1) is 0 Å². The van der Waals surface area contributed by atoms with Crippen LogP contribution < -0.4 is 5.32 Å². The summed E-state index contributed by atoms with van der Waals surface area (Å²) >= 11 is 1.57. The highest BCUT2D eigenvalue weighted by molar-refractivity contribution is 7.99. The molecule has 3 aliphatic heterocycles. The smallest absolute Gasteiger partial charge is 0.251 e. The summed E-state index contributed by atoms with van der Waals surface area (Å²) in [5, 5.41) is 4.11. The third-order valence-electron chi connectivity index (χ3n) is 5.02. The number of nitrogens with zero attached hydrogens (tertiary/aromatic N) is 1. The van der Waals surface area contributed by atoms with Crippen molar-refractivity contribution >= 4 is 17.7 Å². The predicted octanol–water partition coefficient (Wildman–Crippen LogP) is 3.56. The number of nitrogens with one attached hydrogen (secondary N) is 1. The largest absolute Gasteiger partial charge is 0.455 e. The van der Waals surface area contributed by atoms with Gasteiger partial charge in [0, 0.05) is 23.0 Å². The SMILES string of the molecule is Cc1ccc(Sc2ccc(C(=O)N[C@H]3CN4CCC3CC4)cc2)o1. The second kappa shape index (κ2) is 6.65. The Morgan fingerprint density at radius 3 is 2.50 bits per heavy atom. The van der Waals surface area contributed by atoms with E-state index >= 15 is 0 Å². The molecule has 4 heterocycles. The zero-order valence-corrected chi connectivity index (χ0v) is 14.6. The van der Waals surface area contributed by atoms with Crippen LogP contribution in [0.1, 0.15) is 29.0 Å². The van der Waals surface area contributed by atoms with Crippen LogP contribution in [0.5, 0.6) is 0 Å². The van der Waals surface area contributed by atoms with Crippen molar-refractivity contribution < 1.29 is 9.21 Å². The molecule has 24 heavy (non-hydrogen) atoms. The molecule has 1 atom stereocenters. The van der Waals surface area contributed by atoms with Crippen LogP contribution in [0.4, 0.5) is 0 Å². The maximum Gasteiger partial charge on any atom is 0.251 e. The summed E-state index contributed by atoms with van der Waals surface area (Å²) in [5.74, 6) is 1.60. The molecule has 5 heteroatoms. The Kier molecular flexibility index (Phi) is 4.37. The number of carbonyl (C=O) groups excluding carboxylic acids is 1. The van der Waals surface area contributed by atoms with Crippen molar-refractivity contribution in [2.45, 2.75) is 35.8 Å². The minimum Gasteiger partial charge on any atom is -0.455 e. The number of carbonyl (C=O) groups is 1. The van der Waals surface area contributed by atoms with Gasteiger partial charge >= 0.3 is 0 Å². The molecule has 1 aromatic heterocycles. The molecule has 0 radical (unpaired) electrons. The molecule has 4 nitrogen and oxygen atoms in total. The number of hydrogen-bond acceptors (Lipinski definition) is 4. The summed E-state index contributed by atoms with van der Waals surface area (Å²) in [6, 6.07) is 12.0. The van der Waals surface area contributed by atoms with Gasteiger partial charge < -0.3 is 14.6 Å². The fraction of sp³-hybridized carbons (Fsp3) is 0.421. The number of fused-ring (bicyclic) bond motifs is 3. The van der Waals surface area contributed by atoms with Crippen LogP contribution in [-0.2, 0) is 0 Å². The van der Waals surface area contributed by atoms with Gasteiger partial charge in [-0.1, -0.05) is 11.8 Å². The summed E-state index contributed by atoms with van der Waals surface area (Å²) in [7, 11) is 0. The van der Waals surface area contributed by atoms with Crippen LogP contribution in [0.15, 0.2) is 50.8 Å². The molecule has 0 spiro atoms. The Morgan fingerprint density at radius 1 is 1.17 bits per heavy atom. The van der Waals surface area contributed by atoms with Crippen molar-refractivity contribution in [3.05, 3.63) is 47.7 Å². The van der Waals surface area contributed by atoms with Gasteiger partial charge in [0.1, 0.15) is 5.76 Å². The van der Waals surface area contributed by atoms with Gasteiger partial charge in [0.25, 0.3) is 5.91 Å². The average molecular weight is 342 g/mol. The van der Waals surface area contributed by atoms with Crippen LogP contribution >= 0.6 is 11.8 Å². The molecule has 126 valence electrons. The number of amides is 1. The lowest BCUT2D eigenvalue weighted by Crippen LogP contribution is -2.57. The topological polar surface area (TPSA) is 45.5 Å². The molecule has 2 aromatic rings. The molecule has 3 saturated heterocycles. The molecule has 1 aromatic carbocycles. The molecule has 2 bridgehead atoms. The van der Waals surface area contributed by atoms with E-state index in [1.165, 1.54) is 25.9 Å². The predicted molar refractivity (Wildman–Crippen MR) is 94.4 cm³/mol. The van der Waals surface area contributed by atoms with E-state index in [0.29, 0.717) is 12.0 Å². The second-order valence-corrected chi connectivity index (χ2v) is 7.79. The number of rotatable bonds is 4. The summed E-state index contributed by atoms with van der Waals surface area (Å²) < 4.78 is 5.57. The Morgan fingerprint density at radius 2 is 1.92 bits per heavy atom. The molecular weight excluding hydrogens is 320 g/mol. The zero-order chi connectivity index (χ0) is 16.5. The van der Waals surface area contributed by atoms with Crippen molar-refractivity contribution in [2.24, 2.45) is 5.92 Å². The lowest BCUT2D eigenvalue weighted by atomic mass is 9.84. The third kappa shape index (κ3) is 3.37. The maximum absolute atomic E-state index is 12.5. The van der Waals surface area contributed by atoms with Crippen LogP contribution in [-0.4, -0.2) is 36.5 Å². The van der Waals surface area contributed by atoms with E-state index in [-0.39, 0.29) is 5.91 Å². The monoisotopic (exact) mass is 342 g/mol. The molecule has 0 saturated carbocycles. The van der Waals surface area contributed by atoms with Gasteiger partial charge in [0.05, 0.1) is 0 Å². The standard InChI is InChI=1S/C19H22N2O2S/c1-13-2-7-18(23-13)24-16-5-3-15(4-6-16)19(22)20-17-12-21-10-8-14(17)9-11-21/h2-7,14,17H,8-12H2,1H3,(H,20,22)/t17-/m0/s1. The average Bonchev–Trinajstić information content (AvgIpc) is 3.01. The third-order valence-corrected chi connectivity index (χ3v) is 5.95. The Hall–Kier alpha value is -1.72. The van der Waals surface area contributed by atoms with E-state index < -0.39 is 0 Å². The fourth-order valence-corrected chi connectivity index (χ4v) is 4.45. The fourth-order valence-electron chi connectivity index (χ4n) is 3.64. The minimum absolute atomic E-state index is 0.0409. The Bertz CT molecular complexity index is 717. The number of furan rings is 1. The van der Waals surface area contributed by atoms with Gasteiger partial charge in [0.2, 0.25) is 0 Å². The number of aryl methyl sites for hydroxylation is 1. The molecule has 0 aliphatic carbocycles. The van der Waals surface area contributed by atoms with Gasteiger partial charge in [-0.05, 0) is 75.2 Å². The van der Waals surface area contributed by atoms with E-state index in [9.17, 15) is 4.79 Å². The molecular formula is C19H22N2O2S. The quantitative estimate of drug-likeness (QED) is 0.923. The summed E-state index contributed by atoms with van der Waals surface area (Å²) in [6.07, 6.45) is 2.42. The first-order valence-electron chi connectivity index (χ1n) is 8.55. The highest BCUT2D eigenvalue weighted by atomic mass is 32.2. The molecule has 3 aliphatic rings. The maximum atomic E-state index is 12.5. The molecule has 3 fully saturated rings. The molecule has 1 amide bonds. The number of hydrogen-bond donors (Lipinski definition) is 1. The van der Waals surface area contributed by atoms with Crippen molar-refractivity contribution in [3.8, 4) is 0 Å². The Balaban J connectivity index is 1.38. The van der Waals surface area contributed by atoms with Crippen LogP contribution in [0.25, 0.3) is 0 Å². The first-order valence-corrected chi connectivity index (χ1v) is 9.36. The van der Waals surface area contributed by atoms with Crippen molar-refractivity contribution in [2.75, 3.05) is 19.6 Å². The number of benzene rings is 1. The molecule has 1 N–H and O–H groups in total.